The molecule has 2 amide bonds. The Bertz CT molecular complexity index is 854. The molecule has 0 bridgehead atoms. The van der Waals surface area contributed by atoms with Crippen LogP contribution in [-0.4, -0.2) is 46.2 Å². The number of alkyl carbamates (subject to hydrolysis) is 1. The standard InChI is InChI=1S/C22H33N5O5S2/c1-15(20(29)30)7-5-6-12-24-19(28)18(14-33-34-22(2,3)4)25-21(31)32-13-16-8-10-17(11-9-16)26-27-23/h8-11,15,18H,5-7,12-14H2,1-4H3,(H,24,28)(H,25,31)(H,29,30)/t15-,18-/m0/s1. The summed E-state index contributed by atoms with van der Waals surface area (Å²) in [7, 11) is 3.11. The fourth-order valence-corrected chi connectivity index (χ4v) is 5.00. The number of hydrogen-bond donors (Lipinski definition) is 3. The summed E-state index contributed by atoms with van der Waals surface area (Å²) in [5.74, 6) is -1.20. The number of aliphatic carboxylic acids is 1. The van der Waals surface area contributed by atoms with Crippen LogP contribution in [0.15, 0.2) is 29.4 Å². The van der Waals surface area contributed by atoms with Gasteiger partial charge < -0.3 is 20.5 Å². The maximum Gasteiger partial charge on any atom is 0.408 e. The number of carboxylic acid groups (broad SMARTS) is 1. The van der Waals surface area contributed by atoms with E-state index >= 15 is 0 Å². The summed E-state index contributed by atoms with van der Waals surface area (Å²) in [5, 5.41) is 17.9. The van der Waals surface area contributed by atoms with E-state index in [4.69, 9.17) is 15.4 Å². The highest BCUT2D eigenvalue weighted by Crippen LogP contribution is 2.35. The molecule has 0 spiro atoms. The van der Waals surface area contributed by atoms with Crippen molar-refractivity contribution in [2.24, 2.45) is 11.0 Å². The Morgan fingerprint density at radius 1 is 1.21 bits per heavy atom. The highest BCUT2D eigenvalue weighted by Gasteiger charge is 2.23. The fourth-order valence-electron chi connectivity index (χ4n) is 2.54. The van der Waals surface area contributed by atoms with Crippen molar-refractivity contribution in [3.8, 4) is 0 Å². The first-order valence-corrected chi connectivity index (χ1v) is 13.2. The number of azide groups is 1. The van der Waals surface area contributed by atoms with Gasteiger partial charge in [0.05, 0.1) is 5.92 Å². The zero-order valence-corrected chi connectivity index (χ0v) is 21.6. The Kier molecular flexibility index (Phi) is 13.3. The van der Waals surface area contributed by atoms with Gasteiger partial charge in [0.1, 0.15) is 12.6 Å². The van der Waals surface area contributed by atoms with Crippen LogP contribution in [0, 0.1) is 5.92 Å². The van der Waals surface area contributed by atoms with E-state index in [0.717, 1.165) is 0 Å². The van der Waals surface area contributed by atoms with Crippen LogP contribution in [0.1, 0.15) is 52.5 Å². The highest BCUT2D eigenvalue weighted by atomic mass is 33.1. The van der Waals surface area contributed by atoms with Crippen LogP contribution >= 0.6 is 21.6 Å². The van der Waals surface area contributed by atoms with Gasteiger partial charge in [-0.2, -0.15) is 0 Å². The predicted molar refractivity (Wildman–Crippen MR) is 136 cm³/mol. The van der Waals surface area contributed by atoms with Crippen LogP contribution in [-0.2, 0) is 20.9 Å². The number of carbonyl (C=O) groups is 3. The van der Waals surface area contributed by atoms with Crippen molar-refractivity contribution < 1.29 is 24.2 Å². The molecule has 1 aromatic carbocycles. The van der Waals surface area contributed by atoms with Crippen molar-refractivity contribution in [2.45, 2.75) is 64.4 Å². The van der Waals surface area contributed by atoms with Crippen molar-refractivity contribution in [3.05, 3.63) is 40.3 Å². The Hall–Kier alpha value is -2.56. The van der Waals surface area contributed by atoms with Crippen LogP contribution < -0.4 is 10.6 Å². The summed E-state index contributed by atoms with van der Waals surface area (Å²) in [6.07, 6.45) is 1.16. The zero-order chi connectivity index (χ0) is 25.6. The maximum absolute atomic E-state index is 12.7. The molecule has 2 atom stereocenters. The third kappa shape index (κ3) is 13.2. The number of carbonyl (C=O) groups excluding carboxylic acids is 2. The summed E-state index contributed by atoms with van der Waals surface area (Å²) >= 11 is 0. The number of unbranched alkanes of at least 4 members (excludes halogenated alkanes) is 1. The van der Waals surface area contributed by atoms with Crippen LogP contribution in [0.2, 0.25) is 0 Å². The lowest BCUT2D eigenvalue weighted by atomic mass is 10.0. The summed E-state index contributed by atoms with van der Waals surface area (Å²) < 4.78 is 5.24. The molecule has 0 aliphatic heterocycles. The first-order valence-electron chi connectivity index (χ1n) is 10.9. The second-order valence-electron chi connectivity index (χ2n) is 8.64. The molecule has 0 radical (unpaired) electrons. The summed E-state index contributed by atoms with van der Waals surface area (Å²) in [6.45, 7) is 8.24. The van der Waals surface area contributed by atoms with E-state index in [9.17, 15) is 14.4 Å². The molecule has 3 N–H and O–H groups in total. The first-order chi connectivity index (χ1) is 16.0. The number of nitrogens with one attached hydrogen (secondary N) is 2. The van der Waals surface area contributed by atoms with Crippen molar-refractivity contribution in [3.63, 3.8) is 0 Å². The Balaban J connectivity index is 2.56. The SMILES string of the molecule is C[C@@H](CCCCNC(=O)[C@H](CSSC(C)(C)C)NC(=O)OCc1ccc(N=[N+]=[N-])cc1)C(=O)O. The fraction of sp³-hybridized carbons (Fsp3) is 0.591. The maximum atomic E-state index is 12.7. The molecule has 34 heavy (non-hydrogen) atoms. The molecule has 0 aliphatic carbocycles. The lowest BCUT2D eigenvalue weighted by molar-refractivity contribution is -0.141. The molecule has 12 heteroatoms. The van der Waals surface area contributed by atoms with Crippen LogP contribution in [0.25, 0.3) is 10.4 Å². The van der Waals surface area contributed by atoms with Crippen LogP contribution in [0.3, 0.4) is 0 Å². The minimum absolute atomic E-state index is 0.00235. The first kappa shape index (κ1) is 29.5. The van der Waals surface area contributed by atoms with E-state index < -0.39 is 24.0 Å². The molecule has 0 fully saturated rings. The third-order valence-corrected chi connectivity index (χ3v) is 7.75. The molecule has 0 aromatic heterocycles. The van der Waals surface area contributed by atoms with E-state index in [1.54, 1.807) is 42.0 Å². The van der Waals surface area contributed by atoms with Gasteiger partial charge >= 0.3 is 12.1 Å². The Morgan fingerprint density at radius 3 is 2.47 bits per heavy atom. The van der Waals surface area contributed by atoms with Gasteiger partial charge in [-0.3, -0.25) is 9.59 Å². The molecule has 0 unspecified atom stereocenters. The van der Waals surface area contributed by atoms with E-state index in [2.05, 4.69) is 41.4 Å². The molecule has 10 nitrogen and oxygen atoms in total. The highest BCUT2D eigenvalue weighted by molar-refractivity contribution is 8.77. The van der Waals surface area contributed by atoms with E-state index in [1.165, 1.54) is 10.8 Å². The number of nitrogens with zero attached hydrogens (tertiary/aromatic N) is 3. The molecule has 0 saturated carbocycles. The smallest absolute Gasteiger partial charge is 0.408 e. The van der Waals surface area contributed by atoms with Gasteiger partial charge in [-0.15, -0.1) is 0 Å². The van der Waals surface area contributed by atoms with E-state index in [1.807, 2.05) is 0 Å². The number of carboxylic acids is 1. The lowest BCUT2D eigenvalue weighted by Crippen LogP contribution is -2.48. The van der Waals surface area contributed by atoms with Crippen molar-refractivity contribution >= 4 is 45.2 Å². The average molecular weight is 512 g/mol. The summed E-state index contributed by atoms with van der Waals surface area (Å²) in [4.78, 5) is 38.6. The van der Waals surface area contributed by atoms with Gasteiger partial charge in [0.2, 0.25) is 5.91 Å². The molecular formula is C22H33N5O5S2. The van der Waals surface area contributed by atoms with Gasteiger partial charge in [0, 0.05) is 27.6 Å². The summed E-state index contributed by atoms with van der Waals surface area (Å²) in [5.41, 5.74) is 9.61. The monoisotopic (exact) mass is 511 g/mol. The Morgan fingerprint density at radius 2 is 1.88 bits per heavy atom. The molecule has 0 aliphatic rings. The molecule has 188 valence electrons. The number of rotatable bonds is 14. The molecule has 0 saturated heterocycles. The number of amides is 2. The second kappa shape index (κ2) is 15.4. The number of hydrogen-bond acceptors (Lipinski definition) is 7. The minimum atomic E-state index is -0.827. The minimum Gasteiger partial charge on any atom is -0.481 e. The molecule has 1 rings (SSSR count). The van der Waals surface area contributed by atoms with E-state index in [-0.39, 0.29) is 17.3 Å². The van der Waals surface area contributed by atoms with Crippen molar-refractivity contribution in [1.29, 1.82) is 0 Å². The van der Waals surface area contributed by atoms with Gasteiger partial charge in [0.15, 0.2) is 0 Å². The lowest BCUT2D eigenvalue weighted by Gasteiger charge is -2.21. The molecule has 0 heterocycles. The van der Waals surface area contributed by atoms with E-state index in [0.29, 0.717) is 42.8 Å². The second-order valence-corrected chi connectivity index (χ2v) is 11.8. The van der Waals surface area contributed by atoms with Crippen molar-refractivity contribution in [2.75, 3.05) is 12.3 Å². The largest absolute Gasteiger partial charge is 0.481 e. The van der Waals surface area contributed by atoms with Gasteiger partial charge in [-0.25, -0.2) is 4.79 Å². The normalized spacial score (nSPS) is 12.7. The Labute approximate surface area is 208 Å². The number of ether oxygens (including phenoxy) is 1. The zero-order valence-electron chi connectivity index (χ0n) is 19.9. The quantitative estimate of drug-likeness (QED) is 0.0992. The van der Waals surface area contributed by atoms with Crippen LogP contribution in [0.4, 0.5) is 10.5 Å². The predicted octanol–water partition coefficient (Wildman–Crippen LogP) is 5.41. The molecular weight excluding hydrogens is 478 g/mol. The van der Waals surface area contributed by atoms with Gasteiger partial charge in [-0.1, -0.05) is 85.1 Å². The molecule has 1 aromatic rings. The van der Waals surface area contributed by atoms with Crippen molar-refractivity contribution in [1.82, 2.24) is 10.6 Å². The van der Waals surface area contributed by atoms with Crippen LogP contribution in [0.5, 0.6) is 0 Å². The van der Waals surface area contributed by atoms with Gasteiger partial charge in [-0.05, 0) is 23.9 Å². The summed E-state index contributed by atoms with van der Waals surface area (Å²) in [6, 6.07) is 5.82. The topological polar surface area (TPSA) is 153 Å². The van der Waals surface area contributed by atoms with Gasteiger partial charge in [0.25, 0.3) is 0 Å². The number of benzene rings is 1. The average Bonchev–Trinajstić information content (AvgIpc) is 2.76. The third-order valence-electron chi connectivity index (χ3n) is 4.40.